The predicted molar refractivity (Wildman–Crippen MR) is 91.4 cm³/mol. The van der Waals surface area contributed by atoms with Crippen molar-refractivity contribution < 1.29 is 27.4 Å². The fourth-order valence-corrected chi connectivity index (χ4v) is 3.83. The van der Waals surface area contributed by atoms with Crippen LogP contribution in [0.25, 0.3) is 0 Å². The first kappa shape index (κ1) is 17.8. The Hall–Kier alpha value is -2.00. The van der Waals surface area contributed by atoms with Crippen LogP contribution in [-0.4, -0.2) is 65.1 Å². The first-order chi connectivity index (χ1) is 11.9. The number of carbonyl (C=O) groups excluding carboxylic acids is 1. The second-order valence-corrected chi connectivity index (χ2v) is 7.88. The largest absolute Gasteiger partial charge is 0.454 e. The quantitative estimate of drug-likeness (QED) is 0.737. The van der Waals surface area contributed by atoms with Crippen LogP contribution in [0.1, 0.15) is 12.8 Å². The standard InChI is InChI=1S/C16H22N2O6S/c1-25(20,21)18(13-4-5-14-15(11-13)24-12-23-14)6-2-3-16(19)17-7-9-22-10-8-17/h4-5,11H,2-3,6-10,12H2,1H3. The first-order valence-corrected chi connectivity index (χ1v) is 10.0. The third-order valence-corrected chi connectivity index (χ3v) is 5.35. The summed E-state index contributed by atoms with van der Waals surface area (Å²) in [6.07, 6.45) is 1.90. The Labute approximate surface area is 147 Å². The maximum absolute atomic E-state index is 12.2. The van der Waals surface area contributed by atoms with Gasteiger partial charge in [0.15, 0.2) is 11.5 Å². The Morgan fingerprint density at radius 2 is 1.92 bits per heavy atom. The molecule has 0 atom stereocenters. The molecule has 1 saturated heterocycles. The number of benzene rings is 1. The molecule has 0 aliphatic carbocycles. The second kappa shape index (κ2) is 7.49. The predicted octanol–water partition coefficient (Wildman–Crippen LogP) is 0.820. The topological polar surface area (TPSA) is 85.4 Å². The van der Waals surface area contributed by atoms with Crippen LogP contribution < -0.4 is 13.8 Å². The van der Waals surface area contributed by atoms with Gasteiger partial charge in [0.05, 0.1) is 25.2 Å². The van der Waals surface area contributed by atoms with Crippen molar-refractivity contribution >= 4 is 21.6 Å². The molecule has 1 amide bonds. The van der Waals surface area contributed by atoms with E-state index in [0.29, 0.717) is 56.3 Å². The van der Waals surface area contributed by atoms with E-state index in [9.17, 15) is 13.2 Å². The number of morpholine rings is 1. The van der Waals surface area contributed by atoms with Gasteiger partial charge in [-0.3, -0.25) is 9.10 Å². The number of anilines is 1. The van der Waals surface area contributed by atoms with Crippen molar-refractivity contribution in [1.29, 1.82) is 0 Å². The zero-order chi connectivity index (χ0) is 17.9. The monoisotopic (exact) mass is 370 g/mol. The molecule has 1 fully saturated rings. The number of ether oxygens (including phenoxy) is 3. The molecule has 0 aromatic heterocycles. The molecule has 3 rings (SSSR count). The van der Waals surface area contributed by atoms with Gasteiger partial charge in [-0.05, 0) is 18.6 Å². The van der Waals surface area contributed by atoms with E-state index in [-0.39, 0.29) is 19.2 Å². The van der Waals surface area contributed by atoms with Gasteiger partial charge in [0.25, 0.3) is 0 Å². The van der Waals surface area contributed by atoms with Crippen molar-refractivity contribution in [3.05, 3.63) is 18.2 Å². The molecule has 2 aliphatic heterocycles. The van der Waals surface area contributed by atoms with E-state index in [1.807, 2.05) is 0 Å². The van der Waals surface area contributed by atoms with Gasteiger partial charge in [0, 0.05) is 32.1 Å². The van der Waals surface area contributed by atoms with Gasteiger partial charge < -0.3 is 19.1 Å². The molecule has 2 aliphatic rings. The van der Waals surface area contributed by atoms with E-state index in [1.54, 1.807) is 23.1 Å². The molecule has 8 nitrogen and oxygen atoms in total. The number of hydrogen-bond donors (Lipinski definition) is 0. The average Bonchev–Trinajstić information content (AvgIpc) is 3.05. The molecule has 0 saturated carbocycles. The minimum absolute atomic E-state index is 0.0300. The maximum Gasteiger partial charge on any atom is 0.232 e. The highest BCUT2D eigenvalue weighted by Crippen LogP contribution is 2.36. The van der Waals surface area contributed by atoms with Gasteiger partial charge in [-0.25, -0.2) is 8.42 Å². The van der Waals surface area contributed by atoms with Gasteiger partial charge in [-0.2, -0.15) is 0 Å². The fourth-order valence-electron chi connectivity index (χ4n) is 2.87. The number of amides is 1. The number of nitrogens with zero attached hydrogens (tertiary/aromatic N) is 2. The summed E-state index contributed by atoms with van der Waals surface area (Å²) in [6.45, 7) is 2.66. The fraction of sp³-hybridized carbons (Fsp3) is 0.562. The molecule has 0 N–H and O–H groups in total. The SMILES string of the molecule is CS(=O)(=O)N(CCCC(=O)N1CCOCC1)c1ccc2c(c1)OCO2. The molecule has 1 aromatic rings. The lowest BCUT2D eigenvalue weighted by molar-refractivity contribution is -0.135. The normalized spacial score (nSPS) is 16.8. The van der Waals surface area contributed by atoms with Crippen molar-refractivity contribution in [1.82, 2.24) is 4.90 Å². The highest BCUT2D eigenvalue weighted by molar-refractivity contribution is 7.92. The van der Waals surface area contributed by atoms with Crippen LogP contribution in [0.2, 0.25) is 0 Å². The van der Waals surface area contributed by atoms with Crippen molar-refractivity contribution in [2.45, 2.75) is 12.8 Å². The van der Waals surface area contributed by atoms with Gasteiger partial charge in [-0.15, -0.1) is 0 Å². The third-order valence-electron chi connectivity index (χ3n) is 4.16. The van der Waals surface area contributed by atoms with E-state index < -0.39 is 10.0 Å². The summed E-state index contributed by atoms with van der Waals surface area (Å²) in [4.78, 5) is 13.9. The summed E-state index contributed by atoms with van der Waals surface area (Å²) >= 11 is 0. The van der Waals surface area contributed by atoms with E-state index >= 15 is 0 Å². The molecule has 1 aromatic carbocycles. The average molecular weight is 370 g/mol. The third kappa shape index (κ3) is 4.35. The lowest BCUT2D eigenvalue weighted by Crippen LogP contribution is -2.41. The highest BCUT2D eigenvalue weighted by Gasteiger charge is 2.22. The van der Waals surface area contributed by atoms with E-state index in [0.717, 1.165) is 6.26 Å². The Morgan fingerprint density at radius 3 is 2.64 bits per heavy atom. The Morgan fingerprint density at radius 1 is 1.20 bits per heavy atom. The smallest absolute Gasteiger partial charge is 0.232 e. The summed E-state index contributed by atoms with van der Waals surface area (Å²) < 4.78 is 41.4. The molecule has 0 spiro atoms. The zero-order valence-electron chi connectivity index (χ0n) is 14.1. The van der Waals surface area contributed by atoms with Gasteiger partial charge >= 0.3 is 0 Å². The number of rotatable bonds is 6. The van der Waals surface area contributed by atoms with Crippen LogP contribution in [0.5, 0.6) is 11.5 Å². The van der Waals surface area contributed by atoms with Gasteiger partial charge in [0.2, 0.25) is 22.7 Å². The van der Waals surface area contributed by atoms with Crippen LogP contribution in [0, 0.1) is 0 Å². The van der Waals surface area contributed by atoms with E-state index in [2.05, 4.69) is 0 Å². The van der Waals surface area contributed by atoms with E-state index in [1.165, 1.54) is 4.31 Å². The molecule has 9 heteroatoms. The molecule has 0 unspecified atom stereocenters. The molecule has 0 bridgehead atoms. The summed E-state index contributed by atoms with van der Waals surface area (Å²) in [7, 11) is -3.47. The van der Waals surface area contributed by atoms with Crippen LogP contribution in [-0.2, 0) is 19.6 Å². The first-order valence-electron chi connectivity index (χ1n) is 8.18. The molecular weight excluding hydrogens is 348 g/mol. The van der Waals surface area contributed by atoms with Crippen molar-refractivity contribution in [2.24, 2.45) is 0 Å². The lowest BCUT2D eigenvalue weighted by atomic mass is 10.2. The molecule has 2 heterocycles. The maximum atomic E-state index is 12.2. The summed E-state index contributed by atoms with van der Waals surface area (Å²) in [6, 6.07) is 5.01. The Balaban J connectivity index is 1.63. The summed E-state index contributed by atoms with van der Waals surface area (Å²) in [5, 5.41) is 0. The molecule has 138 valence electrons. The number of carbonyl (C=O) groups is 1. The Bertz CT molecular complexity index is 730. The van der Waals surface area contributed by atoms with Crippen molar-refractivity contribution in [2.75, 3.05) is 50.2 Å². The Kier molecular flexibility index (Phi) is 5.33. The van der Waals surface area contributed by atoms with Crippen LogP contribution in [0.4, 0.5) is 5.69 Å². The van der Waals surface area contributed by atoms with Crippen LogP contribution in [0.3, 0.4) is 0 Å². The highest BCUT2D eigenvalue weighted by atomic mass is 32.2. The van der Waals surface area contributed by atoms with Gasteiger partial charge in [-0.1, -0.05) is 0 Å². The van der Waals surface area contributed by atoms with Crippen molar-refractivity contribution in [3.63, 3.8) is 0 Å². The minimum atomic E-state index is -3.47. The number of sulfonamides is 1. The number of hydrogen-bond acceptors (Lipinski definition) is 6. The molecule has 0 radical (unpaired) electrons. The summed E-state index contributed by atoms with van der Waals surface area (Å²) in [5.41, 5.74) is 0.505. The number of fused-ring (bicyclic) bond motifs is 1. The van der Waals surface area contributed by atoms with Crippen LogP contribution >= 0.6 is 0 Å². The van der Waals surface area contributed by atoms with Gasteiger partial charge in [0.1, 0.15) is 0 Å². The minimum Gasteiger partial charge on any atom is -0.454 e. The molecule has 25 heavy (non-hydrogen) atoms. The second-order valence-electron chi connectivity index (χ2n) is 5.97. The lowest BCUT2D eigenvalue weighted by Gasteiger charge is -2.27. The molecular formula is C16H22N2O6S. The van der Waals surface area contributed by atoms with E-state index in [4.69, 9.17) is 14.2 Å². The zero-order valence-corrected chi connectivity index (χ0v) is 15.0. The van der Waals surface area contributed by atoms with Crippen LogP contribution in [0.15, 0.2) is 18.2 Å². The van der Waals surface area contributed by atoms with Crippen molar-refractivity contribution in [3.8, 4) is 11.5 Å². The summed E-state index contributed by atoms with van der Waals surface area (Å²) in [5.74, 6) is 1.15.